The van der Waals surface area contributed by atoms with Crippen molar-refractivity contribution in [2.45, 2.75) is 6.04 Å². The molecule has 0 aromatic heterocycles. The molecule has 1 aromatic rings. The summed E-state index contributed by atoms with van der Waals surface area (Å²) in [5.74, 6) is -3.35. The monoisotopic (exact) mass is 257 g/mol. The molecule has 0 heterocycles. The largest absolute Gasteiger partial charge is 0.507 e. The first kappa shape index (κ1) is 13.9. The first-order valence-electron chi connectivity index (χ1n) is 4.96. The van der Waals surface area contributed by atoms with E-state index in [4.69, 9.17) is 5.11 Å². The molecular weight excluding hydrogens is 245 g/mol. The molecule has 0 aliphatic rings. The average molecular weight is 257 g/mol. The smallest absolute Gasteiger partial charge is 0.328 e. The van der Waals surface area contributed by atoms with E-state index in [0.29, 0.717) is 0 Å². The number of phenolic OH excluding ortho intramolecular Hbond substituents is 1. The molecule has 0 aliphatic carbocycles. The Bertz CT molecular complexity index is 463. The fourth-order valence-corrected chi connectivity index (χ4v) is 1.27. The number of methoxy groups -OCH3 is 1. The topological polar surface area (TPSA) is 95.9 Å². The second-order valence-electron chi connectivity index (χ2n) is 3.48. The van der Waals surface area contributed by atoms with Gasteiger partial charge in [-0.05, 0) is 12.1 Å². The minimum Gasteiger partial charge on any atom is -0.507 e. The number of hydrogen-bond donors (Lipinski definition) is 3. The number of hydrogen-bond acceptors (Lipinski definition) is 4. The number of aliphatic carboxylic acids is 1. The molecule has 18 heavy (non-hydrogen) atoms. The lowest BCUT2D eigenvalue weighted by Gasteiger charge is -2.13. The van der Waals surface area contributed by atoms with Gasteiger partial charge in [-0.15, -0.1) is 0 Å². The second kappa shape index (κ2) is 5.97. The molecule has 98 valence electrons. The zero-order valence-corrected chi connectivity index (χ0v) is 9.51. The Labute approximate surface area is 102 Å². The van der Waals surface area contributed by atoms with Gasteiger partial charge in [0.25, 0.3) is 5.91 Å². The fourth-order valence-electron chi connectivity index (χ4n) is 1.27. The van der Waals surface area contributed by atoms with Crippen LogP contribution < -0.4 is 5.32 Å². The van der Waals surface area contributed by atoms with E-state index in [1.165, 1.54) is 7.11 Å². The van der Waals surface area contributed by atoms with Crippen LogP contribution in [0, 0.1) is 5.82 Å². The summed E-state index contributed by atoms with van der Waals surface area (Å²) in [4.78, 5) is 22.4. The molecule has 3 N–H and O–H groups in total. The first-order chi connectivity index (χ1) is 8.45. The van der Waals surface area contributed by atoms with Gasteiger partial charge >= 0.3 is 5.97 Å². The summed E-state index contributed by atoms with van der Waals surface area (Å²) in [5.41, 5.74) is -0.209. The number of phenols is 1. The van der Waals surface area contributed by atoms with Crippen LogP contribution in [0.1, 0.15) is 10.4 Å². The van der Waals surface area contributed by atoms with Crippen molar-refractivity contribution in [2.24, 2.45) is 0 Å². The minimum atomic E-state index is -1.27. The number of halogens is 1. The molecule has 1 amide bonds. The summed E-state index contributed by atoms with van der Waals surface area (Å²) in [6, 6.07) is 1.57. The summed E-state index contributed by atoms with van der Waals surface area (Å²) in [6.45, 7) is -0.219. The van der Waals surface area contributed by atoms with Crippen LogP contribution in [-0.4, -0.2) is 41.8 Å². The van der Waals surface area contributed by atoms with E-state index in [1.54, 1.807) is 0 Å². The highest BCUT2D eigenvalue weighted by atomic mass is 19.1. The molecule has 1 rings (SSSR count). The molecule has 0 radical (unpaired) electrons. The average Bonchev–Trinajstić information content (AvgIpc) is 2.27. The number of amides is 1. The molecule has 0 bridgehead atoms. The third-order valence-electron chi connectivity index (χ3n) is 2.14. The Balaban J connectivity index is 2.83. The van der Waals surface area contributed by atoms with Crippen LogP contribution >= 0.6 is 0 Å². The Hall–Kier alpha value is -2.15. The number of carboxylic acid groups (broad SMARTS) is 1. The van der Waals surface area contributed by atoms with Crippen molar-refractivity contribution in [3.05, 3.63) is 29.6 Å². The predicted molar refractivity (Wildman–Crippen MR) is 58.8 cm³/mol. The molecule has 0 saturated carbocycles. The summed E-state index contributed by atoms with van der Waals surface area (Å²) in [5, 5.41) is 20.3. The van der Waals surface area contributed by atoms with E-state index in [9.17, 15) is 19.1 Å². The van der Waals surface area contributed by atoms with Crippen molar-refractivity contribution in [1.29, 1.82) is 0 Å². The number of carbonyl (C=O) groups is 2. The van der Waals surface area contributed by atoms with Crippen molar-refractivity contribution >= 4 is 11.9 Å². The Kier molecular flexibility index (Phi) is 4.61. The van der Waals surface area contributed by atoms with Gasteiger partial charge in [-0.25, -0.2) is 9.18 Å². The molecule has 0 fully saturated rings. The number of benzene rings is 1. The Morgan fingerprint density at radius 3 is 2.67 bits per heavy atom. The van der Waals surface area contributed by atoms with E-state index in [1.807, 2.05) is 0 Å². The van der Waals surface area contributed by atoms with Gasteiger partial charge in [-0.3, -0.25) is 4.79 Å². The van der Waals surface area contributed by atoms with Crippen LogP contribution in [0.25, 0.3) is 0 Å². The van der Waals surface area contributed by atoms with E-state index in [2.05, 4.69) is 10.1 Å². The highest BCUT2D eigenvalue weighted by Gasteiger charge is 2.22. The summed E-state index contributed by atoms with van der Waals surface area (Å²) < 4.78 is 17.3. The van der Waals surface area contributed by atoms with E-state index in [-0.39, 0.29) is 12.2 Å². The minimum absolute atomic E-state index is 0.209. The number of nitrogens with one attached hydrogen (secondary N) is 1. The Morgan fingerprint density at radius 2 is 2.17 bits per heavy atom. The standard InChI is InChI=1S/C11H12FNO5/c1-18-5-8(11(16)17)13-10(15)7-3-2-6(12)4-9(7)14/h2-4,8,14H,5H2,1H3,(H,13,15)(H,16,17). The molecule has 0 saturated heterocycles. The van der Waals surface area contributed by atoms with Crippen LogP contribution in [0.15, 0.2) is 18.2 Å². The summed E-state index contributed by atoms with van der Waals surface area (Å²) >= 11 is 0. The van der Waals surface area contributed by atoms with Crippen molar-refractivity contribution in [2.75, 3.05) is 13.7 Å². The molecule has 0 spiro atoms. The lowest BCUT2D eigenvalue weighted by atomic mass is 10.1. The van der Waals surface area contributed by atoms with E-state index >= 15 is 0 Å². The third kappa shape index (κ3) is 3.42. The van der Waals surface area contributed by atoms with Crippen LogP contribution in [0.4, 0.5) is 4.39 Å². The van der Waals surface area contributed by atoms with Crippen LogP contribution in [0.5, 0.6) is 5.75 Å². The highest BCUT2D eigenvalue weighted by Crippen LogP contribution is 2.17. The van der Waals surface area contributed by atoms with E-state index in [0.717, 1.165) is 18.2 Å². The van der Waals surface area contributed by atoms with Gasteiger partial charge < -0.3 is 20.3 Å². The number of aromatic hydroxyl groups is 1. The third-order valence-corrected chi connectivity index (χ3v) is 2.14. The van der Waals surface area contributed by atoms with Gasteiger partial charge in [0.05, 0.1) is 12.2 Å². The van der Waals surface area contributed by atoms with Gasteiger partial charge in [-0.2, -0.15) is 0 Å². The van der Waals surface area contributed by atoms with Gasteiger partial charge in [0.2, 0.25) is 0 Å². The molecule has 1 aromatic carbocycles. The number of rotatable bonds is 5. The lowest BCUT2D eigenvalue weighted by Crippen LogP contribution is -2.43. The predicted octanol–water partition coefficient (Wildman–Crippen LogP) is 0.361. The lowest BCUT2D eigenvalue weighted by molar-refractivity contribution is -0.140. The first-order valence-corrected chi connectivity index (χ1v) is 4.96. The van der Waals surface area contributed by atoms with Crippen molar-refractivity contribution in [3.63, 3.8) is 0 Å². The second-order valence-corrected chi connectivity index (χ2v) is 3.48. The quantitative estimate of drug-likeness (QED) is 0.707. The number of carboxylic acids is 1. The molecule has 7 heteroatoms. The van der Waals surface area contributed by atoms with Crippen molar-refractivity contribution in [1.82, 2.24) is 5.32 Å². The maximum Gasteiger partial charge on any atom is 0.328 e. The molecule has 1 atom stereocenters. The van der Waals surface area contributed by atoms with Gasteiger partial charge in [0.15, 0.2) is 6.04 Å². The summed E-state index contributed by atoms with van der Waals surface area (Å²) in [6.07, 6.45) is 0. The van der Waals surface area contributed by atoms with E-state index < -0.39 is 29.5 Å². The number of carbonyl (C=O) groups excluding carboxylic acids is 1. The highest BCUT2D eigenvalue weighted by molar-refractivity contribution is 5.98. The molecular formula is C11H12FNO5. The zero-order chi connectivity index (χ0) is 13.7. The molecule has 1 unspecified atom stereocenters. The van der Waals surface area contributed by atoms with Crippen molar-refractivity contribution < 1.29 is 28.9 Å². The SMILES string of the molecule is COCC(NC(=O)c1ccc(F)cc1O)C(=O)O. The summed E-state index contributed by atoms with van der Waals surface area (Å²) in [7, 11) is 1.29. The van der Waals surface area contributed by atoms with Gasteiger partial charge in [0.1, 0.15) is 11.6 Å². The number of ether oxygens (including phenoxy) is 1. The normalized spacial score (nSPS) is 11.9. The fraction of sp³-hybridized carbons (Fsp3) is 0.273. The van der Waals surface area contributed by atoms with Crippen molar-refractivity contribution in [3.8, 4) is 5.75 Å². The molecule has 0 aliphatic heterocycles. The zero-order valence-electron chi connectivity index (χ0n) is 9.51. The van der Waals surface area contributed by atoms with Gasteiger partial charge in [-0.1, -0.05) is 0 Å². The van der Waals surface area contributed by atoms with Crippen LogP contribution in [-0.2, 0) is 9.53 Å². The maximum atomic E-state index is 12.7. The van der Waals surface area contributed by atoms with Gasteiger partial charge in [0, 0.05) is 13.2 Å². The van der Waals surface area contributed by atoms with Crippen LogP contribution in [0.2, 0.25) is 0 Å². The van der Waals surface area contributed by atoms with Crippen LogP contribution in [0.3, 0.4) is 0 Å². The maximum absolute atomic E-state index is 12.7. The molecule has 6 nitrogen and oxygen atoms in total. The Morgan fingerprint density at radius 1 is 1.50 bits per heavy atom.